The number of nitrogens with one attached hydrogen (secondary N) is 1. The first-order valence-electron chi connectivity index (χ1n) is 9.87. The molecule has 9 heteroatoms. The van der Waals surface area contributed by atoms with Crippen molar-refractivity contribution in [2.45, 2.75) is 6.54 Å². The maximum absolute atomic E-state index is 12.6. The summed E-state index contributed by atoms with van der Waals surface area (Å²) in [5.41, 5.74) is 0.689. The summed E-state index contributed by atoms with van der Waals surface area (Å²) in [5, 5.41) is 7.23. The Hall–Kier alpha value is -4.27. The van der Waals surface area contributed by atoms with Crippen LogP contribution >= 0.6 is 0 Å². The lowest BCUT2D eigenvalue weighted by molar-refractivity contribution is 0.0946. The highest BCUT2D eigenvalue weighted by Crippen LogP contribution is 2.34. The molecule has 1 amide bonds. The average molecular weight is 434 g/mol. The smallest absolute Gasteiger partial charge is 0.349 e. The maximum Gasteiger partial charge on any atom is 0.349 e. The molecule has 9 nitrogen and oxygen atoms in total. The topological polar surface area (TPSA) is 113 Å². The first kappa shape index (κ1) is 19.7. The van der Waals surface area contributed by atoms with Crippen molar-refractivity contribution in [3.63, 3.8) is 0 Å². The number of fused-ring (bicyclic) bond motifs is 2. The lowest BCUT2D eigenvalue weighted by Gasteiger charge is -2.18. The van der Waals surface area contributed by atoms with E-state index in [9.17, 15) is 9.59 Å². The Balaban J connectivity index is 1.31. The van der Waals surface area contributed by atoms with E-state index in [1.54, 1.807) is 24.3 Å². The van der Waals surface area contributed by atoms with Crippen LogP contribution in [-0.2, 0) is 6.54 Å². The van der Waals surface area contributed by atoms with E-state index >= 15 is 0 Å². The van der Waals surface area contributed by atoms with Crippen LogP contribution in [0.5, 0.6) is 17.2 Å². The van der Waals surface area contributed by atoms with Crippen LogP contribution in [0.4, 0.5) is 0 Å². The Morgan fingerprint density at radius 1 is 1.09 bits per heavy atom. The summed E-state index contributed by atoms with van der Waals surface area (Å²) in [4.78, 5) is 24.9. The van der Waals surface area contributed by atoms with Crippen LogP contribution in [0.1, 0.15) is 16.1 Å². The maximum atomic E-state index is 12.6. The Bertz CT molecular complexity index is 1370. The van der Waals surface area contributed by atoms with Gasteiger partial charge >= 0.3 is 5.63 Å². The first-order valence-corrected chi connectivity index (χ1v) is 9.87. The summed E-state index contributed by atoms with van der Waals surface area (Å²) in [6.07, 6.45) is 0. The molecule has 0 fully saturated rings. The fourth-order valence-electron chi connectivity index (χ4n) is 3.43. The summed E-state index contributed by atoms with van der Waals surface area (Å²) < 4.78 is 27.0. The molecular formula is C23H18N2O7. The minimum atomic E-state index is -0.753. The number of para-hydroxylation sites is 1. The van der Waals surface area contributed by atoms with E-state index < -0.39 is 11.5 Å². The highest BCUT2D eigenvalue weighted by molar-refractivity contribution is 5.97. The standard InChI is InChI=1S/C23H18N2O7/c1-28-18-4-2-3-14-9-16(23(27)31-21(14)18)22(26)24-12-15-11-19(32-25-15)13-5-6-17-20(10-13)30-8-7-29-17/h2-6,9-11H,7-8,12H2,1H3,(H,24,26). The minimum absolute atomic E-state index is 0.0719. The van der Waals surface area contributed by atoms with Crippen molar-refractivity contribution in [2.75, 3.05) is 20.3 Å². The van der Waals surface area contributed by atoms with Gasteiger partial charge in [-0.3, -0.25) is 4.79 Å². The number of amides is 1. The van der Waals surface area contributed by atoms with E-state index in [1.807, 2.05) is 18.2 Å². The number of benzene rings is 2. The summed E-state index contributed by atoms with van der Waals surface area (Å²) in [6.45, 7) is 1.07. The van der Waals surface area contributed by atoms with Crippen LogP contribution < -0.4 is 25.2 Å². The van der Waals surface area contributed by atoms with Gasteiger partial charge in [0.15, 0.2) is 28.6 Å². The lowest BCUT2D eigenvalue weighted by Crippen LogP contribution is -2.28. The molecule has 1 N–H and O–H groups in total. The second-order valence-electron chi connectivity index (χ2n) is 7.05. The van der Waals surface area contributed by atoms with Crippen LogP contribution in [0.15, 0.2) is 62.3 Å². The van der Waals surface area contributed by atoms with E-state index in [0.717, 1.165) is 5.56 Å². The molecule has 162 valence electrons. The van der Waals surface area contributed by atoms with E-state index in [4.69, 9.17) is 23.2 Å². The molecule has 3 heterocycles. The monoisotopic (exact) mass is 434 g/mol. The predicted octanol–water partition coefficient (Wildman–Crippen LogP) is 3.16. The van der Waals surface area contributed by atoms with Crippen molar-refractivity contribution < 1.29 is 27.9 Å². The van der Waals surface area contributed by atoms with Gasteiger partial charge in [-0.1, -0.05) is 17.3 Å². The zero-order valence-corrected chi connectivity index (χ0v) is 17.0. The molecule has 32 heavy (non-hydrogen) atoms. The van der Waals surface area contributed by atoms with Crippen molar-refractivity contribution in [3.8, 4) is 28.6 Å². The number of carbonyl (C=O) groups excluding carboxylic acids is 1. The van der Waals surface area contributed by atoms with E-state index in [-0.39, 0.29) is 17.7 Å². The highest BCUT2D eigenvalue weighted by Gasteiger charge is 2.17. The van der Waals surface area contributed by atoms with Crippen LogP contribution in [0.3, 0.4) is 0 Å². The van der Waals surface area contributed by atoms with E-state index in [0.29, 0.717) is 47.3 Å². The van der Waals surface area contributed by atoms with Gasteiger partial charge in [-0.05, 0) is 30.3 Å². The van der Waals surface area contributed by atoms with Crippen molar-refractivity contribution in [3.05, 3.63) is 70.2 Å². The molecule has 5 rings (SSSR count). The summed E-state index contributed by atoms with van der Waals surface area (Å²) in [6, 6.07) is 13.8. The molecule has 4 aromatic rings. The minimum Gasteiger partial charge on any atom is -0.493 e. The zero-order chi connectivity index (χ0) is 22.1. The molecule has 0 spiro atoms. The van der Waals surface area contributed by atoms with Gasteiger partial charge in [-0.2, -0.15) is 0 Å². The number of methoxy groups -OCH3 is 1. The van der Waals surface area contributed by atoms with Crippen molar-refractivity contribution in [1.82, 2.24) is 10.5 Å². The van der Waals surface area contributed by atoms with Crippen LogP contribution in [-0.4, -0.2) is 31.4 Å². The van der Waals surface area contributed by atoms with Crippen molar-refractivity contribution in [2.24, 2.45) is 0 Å². The molecule has 1 aliphatic rings. The molecule has 0 saturated heterocycles. The van der Waals surface area contributed by atoms with Crippen LogP contribution in [0.25, 0.3) is 22.3 Å². The molecule has 2 aromatic heterocycles. The van der Waals surface area contributed by atoms with Gasteiger partial charge in [0, 0.05) is 17.0 Å². The zero-order valence-electron chi connectivity index (χ0n) is 17.0. The van der Waals surface area contributed by atoms with Crippen LogP contribution in [0.2, 0.25) is 0 Å². The number of nitrogens with zero attached hydrogens (tertiary/aromatic N) is 1. The van der Waals surface area contributed by atoms with Gasteiger partial charge < -0.3 is 28.5 Å². The number of carbonyl (C=O) groups is 1. The Kier molecular flexibility index (Phi) is 4.98. The van der Waals surface area contributed by atoms with Crippen molar-refractivity contribution in [1.29, 1.82) is 0 Å². The quantitative estimate of drug-likeness (QED) is 0.477. The number of aromatic nitrogens is 1. The molecule has 0 unspecified atom stereocenters. The summed E-state index contributed by atoms with van der Waals surface area (Å²) >= 11 is 0. The summed E-state index contributed by atoms with van der Waals surface area (Å²) in [7, 11) is 1.48. The van der Waals surface area contributed by atoms with E-state index in [1.165, 1.54) is 13.2 Å². The van der Waals surface area contributed by atoms with Gasteiger partial charge in [0.05, 0.1) is 13.7 Å². The van der Waals surface area contributed by atoms with Gasteiger partial charge in [0.1, 0.15) is 24.5 Å². The average Bonchev–Trinajstić information content (AvgIpc) is 3.30. The van der Waals surface area contributed by atoms with Gasteiger partial charge in [-0.15, -0.1) is 0 Å². The number of ether oxygens (including phenoxy) is 3. The van der Waals surface area contributed by atoms with E-state index in [2.05, 4.69) is 10.5 Å². The normalized spacial score (nSPS) is 12.5. The number of hydrogen-bond donors (Lipinski definition) is 1. The molecule has 0 aliphatic carbocycles. The molecule has 1 aliphatic heterocycles. The SMILES string of the molecule is COc1cccc2cc(C(=O)NCc3cc(-c4ccc5c(c4)OCCO5)on3)c(=O)oc12. The first-order chi connectivity index (χ1) is 15.6. The third-order valence-corrected chi connectivity index (χ3v) is 5.00. The molecule has 2 aromatic carbocycles. The number of hydrogen-bond acceptors (Lipinski definition) is 8. The Morgan fingerprint density at radius 2 is 1.94 bits per heavy atom. The third-order valence-electron chi connectivity index (χ3n) is 5.00. The molecule has 0 atom stereocenters. The molecule has 0 saturated carbocycles. The summed E-state index contributed by atoms with van der Waals surface area (Å²) in [5.74, 6) is 1.68. The van der Waals surface area contributed by atoms with Crippen LogP contribution in [0, 0.1) is 0 Å². The van der Waals surface area contributed by atoms with Crippen molar-refractivity contribution >= 4 is 16.9 Å². The molecular weight excluding hydrogens is 416 g/mol. The Labute approximate surface area is 181 Å². The second-order valence-corrected chi connectivity index (χ2v) is 7.05. The van der Waals surface area contributed by atoms with Gasteiger partial charge in [0.2, 0.25) is 0 Å². The fraction of sp³-hybridized carbons (Fsp3) is 0.174. The Morgan fingerprint density at radius 3 is 2.78 bits per heavy atom. The fourth-order valence-corrected chi connectivity index (χ4v) is 3.43. The third kappa shape index (κ3) is 3.64. The predicted molar refractivity (Wildman–Crippen MR) is 113 cm³/mol. The molecule has 0 bridgehead atoms. The molecule has 0 radical (unpaired) electrons. The van der Waals surface area contributed by atoms with Gasteiger partial charge in [-0.25, -0.2) is 4.79 Å². The number of rotatable bonds is 5. The van der Waals surface area contributed by atoms with Gasteiger partial charge in [0.25, 0.3) is 5.91 Å². The second kappa shape index (κ2) is 8.10. The lowest BCUT2D eigenvalue weighted by atomic mass is 10.1. The largest absolute Gasteiger partial charge is 0.493 e. The highest BCUT2D eigenvalue weighted by atomic mass is 16.6.